The van der Waals surface area contributed by atoms with Gasteiger partial charge in [-0.15, -0.1) is 0 Å². The van der Waals surface area contributed by atoms with E-state index < -0.39 is 5.82 Å². The quantitative estimate of drug-likeness (QED) is 0.696. The second-order valence-corrected chi connectivity index (χ2v) is 7.37. The summed E-state index contributed by atoms with van der Waals surface area (Å²) >= 11 is 0. The lowest BCUT2D eigenvalue weighted by Gasteiger charge is -2.34. The Balaban J connectivity index is 1.34. The molecule has 156 valence electrons. The van der Waals surface area contributed by atoms with Crippen LogP contribution in [0, 0.1) is 19.7 Å². The Morgan fingerprint density at radius 2 is 1.83 bits per heavy atom. The fraction of sp³-hybridized carbons (Fsp3) is 0.333. The number of aryl methyl sites for hydroxylation is 2. The molecule has 1 fully saturated rings. The lowest BCUT2D eigenvalue weighted by atomic mass is 10.3. The average Bonchev–Trinajstić information content (AvgIpc) is 3.08. The summed E-state index contributed by atoms with van der Waals surface area (Å²) in [6, 6.07) is 8.17. The van der Waals surface area contributed by atoms with Crippen LogP contribution in [-0.2, 0) is 4.79 Å². The lowest BCUT2D eigenvalue weighted by molar-refractivity contribution is -0.117. The van der Waals surface area contributed by atoms with Crippen LogP contribution in [0.15, 0.2) is 42.7 Å². The van der Waals surface area contributed by atoms with Gasteiger partial charge in [0, 0.05) is 31.9 Å². The third-order valence-corrected chi connectivity index (χ3v) is 5.05. The molecular weight excluding hydrogens is 385 g/mol. The first kappa shape index (κ1) is 20.0. The van der Waals surface area contributed by atoms with Crippen LogP contribution in [0.2, 0.25) is 0 Å². The van der Waals surface area contributed by atoms with Gasteiger partial charge in [0.2, 0.25) is 5.91 Å². The number of anilines is 2. The van der Waals surface area contributed by atoms with Crippen LogP contribution in [-0.4, -0.2) is 63.3 Å². The highest BCUT2D eigenvalue weighted by Crippen LogP contribution is 2.17. The largest absolute Gasteiger partial charge is 0.353 e. The Morgan fingerprint density at radius 1 is 1.10 bits per heavy atom. The molecule has 1 amide bonds. The Morgan fingerprint density at radius 3 is 2.53 bits per heavy atom. The molecular formula is C21H24FN7O. The smallest absolute Gasteiger partial charge is 0.238 e. The number of amides is 1. The molecule has 0 atom stereocenters. The molecule has 0 spiro atoms. The monoisotopic (exact) mass is 409 g/mol. The summed E-state index contributed by atoms with van der Waals surface area (Å²) in [4.78, 5) is 25.5. The van der Waals surface area contributed by atoms with Gasteiger partial charge in [0.15, 0.2) is 5.82 Å². The zero-order chi connectivity index (χ0) is 21.1. The van der Waals surface area contributed by atoms with Crippen molar-refractivity contribution in [2.24, 2.45) is 0 Å². The number of hydrogen-bond acceptors (Lipinski definition) is 6. The fourth-order valence-corrected chi connectivity index (χ4v) is 3.55. The molecule has 1 aliphatic rings. The predicted octanol–water partition coefficient (Wildman–Crippen LogP) is 2.18. The summed E-state index contributed by atoms with van der Waals surface area (Å²) in [6.07, 6.45) is 3.45. The molecule has 0 radical (unpaired) electrons. The van der Waals surface area contributed by atoms with Crippen molar-refractivity contribution in [2.45, 2.75) is 13.8 Å². The number of aromatic nitrogens is 4. The van der Waals surface area contributed by atoms with E-state index in [1.165, 1.54) is 6.07 Å². The van der Waals surface area contributed by atoms with Crippen LogP contribution in [0.25, 0.3) is 5.82 Å². The maximum Gasteiger partial charge on any atom is 0.238 e. The third kappa shape index (κ3) is 4.46. The minimum atomic E-state index is -0.434. The van der Waals surface area contributed by atoms with Crippen LogP contribution in [0.5, 0.6) is 0 Å². The number of carbonyl (C=O) groups excluding carboxylic acids is 1. The summed E-state index contributed by atoms with van der Waals surface area (Å²) in [6.45, 7) is 7.01. The molecule has 9 heteroatoms. The van der Waals surface area contributed by atoms with Crippen LogP contribution >= 0.6 is 0 Å². The van der Waals surface area contributed by atoms with E-state index in [4.69, 9.17) is 4.98 Å². The van der Waals surface area contributed by atoms with Gasteiger partial charge in [-0.05, 0) is 32.0 Å². The predicted molar refractivity (Wildman–Crippen MR) is 112 cm³/mol. The van der Waals surface area contributed by atoms with Crippen LogP contribution < -0.4 is 10.2 Å². The first-order valence-corrected chi connectivity index (χ1v) is 9.87. The van der Waals surface area contributed by atoms with Gasteiger partial charge in [-0.1, -0.05) is 12.1 Å². The first-order valence-electron chi connectivity index (χ1n) is 9.87. The highest BCUT2D eigenvalue weighted by molar-refractivity contribution is 5.92. The van der Waals surface area contributed by atoms with E-state index in [0.717, 1.165) is 30.3 Å². The number of rotatable bonds is 5. The topological polar surface area (TPSA) is 79.2 Å². The number of hydrogen-bond donors (Lipinski definition) is 1. The first-order chi connectivity index (χ1) is 14.5. The van der Waals surface area contributed by atoms with Crippen molar-refractivity contribution in [3.8, 4) is 5.82 Å². The van der Waals surface area contributed by atoms with Gasteiger partial charge in [-0.3, -0.25) is 14.7 Å². The van der Waals surface area contributed by atoms with Crippen LogP contribution in [0.3, 0.4) is 0 Å². The highest BCUT2D eigenvalue weighted by atomic mass is 19.1. The van der Waals surface area contributed by atoms with E-state index in [-0.39, 0.29) is 18.1 Å². The zero-order valence-electron chi connectivity index (χ0n) is 17.0. The summed E-state index contributed by atoms with van der Waals surface area (Å²) in [5, 5.41) is 7.10. The van der Waals surface area contributed by atoms with Crippen molar-refractivity contribution in [1.29, 1.82) is 0 Å². The van der Waals surface area contributed by atoms with E-state index in [1.54, 1.807) is 35.3 Å². The molecule has 0 aliphatic carbocycles. The molecule has 4 rings (SSSR count). The highest BCUT2D eigenvalue weighted by Gasteiger charge is 2.21. The zero-order valence-corrected chi connectivity index (χ0v) is 17.0. The molecule has 3 heterocycles. The number of nitrogens with zero attached hydrogens (tertiary/aromatic N) is 6. The van der Waals surface area contributed by atoms with Gasteiger partial charge in [0.25, 0.3) is 0 Å². The Hall–Kier alpha value is -3.33. The van der Waals surface area contributed by atoms with E-state index in [9.17, 15) is 9.18 Å². The standard InChI is InChI=1S/C21H24FN7O/c1-15-11-16(2)29(26-15)20-13-23-12-19(25-20)28-9-7-27(8-10-28)14-21(30)24-18-6-4-3-5-17(18)22/h3-6,11-13H,7-10,14H2,1-2H3,(H,24,30). The molecule has 0 unspecified atom stereocenters. The van der Waals surface area contributed by atoms with Gasteiger partial charge >= 0.3 is 0 Å². The van der Waals surface area contributed by atoms with E-state index in [1.807, 2.05) is 24.8 Å². The van der Waals surface area contributed by atoms with E-state index in [0.29, 0.717) is 18.9 Å². The molecule has 2 aromatic heterocycles. The van der Waals surface area contributed by atoms with Gasteiger partial charge < -0.3 is 10.2 Å². The van der Waals surface area contributed by atoms with Crippen LogP contribution in [0.4, 0.5) is 15.9 Å². The number of benzene rings is 1. The van der Waals surface area contributed by atoms with Gasteiger partial charge in [0.05, 0.1) is 30.3 Å². The van der Waals surface area contributed by atoms with Gasteiger partial charge in [-0.2, -0.15) is 5.10 Å². The number of halogens is 1. The van der Waals surface area contributed by atoms with Crippen molar-refractivity contribution in [3.63, 3.8) is 0 Å². The SMILES string of the molecule is Cc1cc(C)n(-c2cncc(N3CCN(CC(=O)Nc4ccccc4F)CC3)n2)n1. The van der Waals surface area contributed by atoms with Crippen LogP contribution in [0.1, 0.15) is 11.4 Å². The molecule has 0 bridgehead atoms. The summed E-state index contributed by atoms with van der Waals surface area (Å²) in [5.41, 5.74) is 2.14. The molecule has 3 aromatic rings. The second-order valence-electron chi connectivity index (χ2n) is 7.37. The molecule has 0 saturated carbocycles. The third-order valence-electron chi connectivity index (χ3n) is 5.05. The Bertz CT molecular complexity index is 1040. The lowest BCUT2D eigenvalue weighted by Crippen LogP contribution is -2.49. The van der Waals surface area contributed by atoms with Crippen molar-refractivity contribution in [2.75, 3.05) is 42.9 Å². The Kier molecular flexibility index (Phi) is 5.71. The second kappa shape index (κ2) is 8.58. The molecule has 1 aliphatic heterocycles. The number of para-hydroxylation sites is 1. The minimum absolute atomic E-state index is 0.206. The van der Waals surface area contributed by atoms with Crippen molar-refractivity contribution < 1.29 is 9.18 Å². The molecule has 8 nitrogen and oxygen atoms in total. The van der Waals surface area contributed by atoms with Gasteiger partial charge in [-0.25, -0.2) is 14.1 Å². The number of nitrogens with one attached hydrogen (secondary N) is 1. The Labute approximate surface area is 174 Å². The molecule has 1 N–H and O–H groups in total. The number of piperazine rings is 1. The van der Waals surface area contributed by atoms with Crippen molar-refractivity contribution in [3.05, 3.63) is 59.9 Å². The van der Waals surface area contributed by atoms with Gasteiger partial charge in [0.1, 0.15) is 11.6 Å². The molecule has 1 saturated heterocycles. The van der Waals surface area contributed by atoms with E-state index in [2.05, 4.69) is 20.3 Å². The maximum absolute atomic E-state index is 13.7. The molecule has 30 heavy (non-hydrogen) atoms. The molecule has 1 aromatic carbocycles. The summed E-state index contributed by atoms with van der Waals surface area (Å²) < 4.78 is 15.5. The maximum atomic E-state index is 13.7. The van der Waals surface area contributed by atoms with E-state index >= 15 is 0 Å². The average molecular weight is 409 g/mol. The summed E-state index contributed by atoms with van der Waals surface area (Å²) in [5.74, 6) is 0.817. The van der Waals surface area contributed by atoms with Crippen molar-refractivity contribution >= 4 is 17.4 Å². The van der Waals surface area contributed by atoms with Crippen molar-refractivity contribution in [1.82, 2.24) is 24.6 Å². The summed E-state index contributed by atoms with van der Waals surface area (Å²) in [7, 11) is 0. The minimum Gasteiger partial charge on any atom is -0.353 e. The fourth-order valence-electron chi connectivity index (χ4n) is 3.55. The normalized spacial score (nSPS) is 14.7. The number of carbonyl (C=O) groups is 1.